The Morgan fingerprint density at radius 2 is 2.06 bits per heavy atom. The molecule has 1 aromatic carbocycles. The first-order valence-corrected chi connectivity index (χ1v) is 5.90. The van der Waals surface area contributed by atoms with E-state index in [1.165, 1.54) is 0 Å². The number of amides is 1. The van der Waals surface area contributed by atoms with E-state index in [0.717, 1.165) is 17.7 Å². The van der Waals surface area contributed by atoms with Crippen LogP contribution in [0.4, 0.5) is 5.69 Å². The van der Waals surface area contributed by atoms with Gasteiger partial charge in [0.15, 0.2) is 0 Å². The van der Waals surface area contributed by atoms with Gasteiger partial charge in [-0.1, -0.05) is 25.1 Å². The van der Waals surface area contributed by atoms with Crippen LogP contribution in [0.5, 0.6) is 0 Å². The van der Waals surface area contributed by atoms with Crippen LogP contribution in [0.2, 0.25) is 0 Å². The van der Waals surface area contributed by atoms with E-state index in [0.29, 0.717) is 12.6 Å². The number of anilines is 1. The highest BCUT2D eigenvalue weighted by Crippen LogP contribution is 2.15. The summed E-state index contributed by atoms with van der Waals surface area (Å²) in [6, 6.07) is 8.01. The van der Waals surface area contributed by atoms with Crippen molar-refractivity contribution in [2.75, 3.05) is 12.3 Å². The van der Waals surface area contributed by atoms with Gasteiger partial charge in [-0.15, -0.1) is 0 Å². The monoisotopic (exact) mass is 235 g/mol. The second-order valence-corrected chi connectivity index (χ2v) is 4.33. The predicted molar refractivity (Wildman–Crippen MR) is 70.2 cm³/mol. The van der Waals surface area contributed by atoms with Crippen LogP contribution in [0.1, 0.15) is 25.8 Å². The summed E-state index contributed by atoms with van der Waals surface area (Å²) in [5.41, 5.74) is 13.0. The number of benzene rings is 1. The van der Waals surface area contributed by atoms with Gasteiger partial charge in [-0.2, -0.15) is 0 Å². The predicted octanol–water partition coefficient (Wildman–Crippen LogP) is 1.35. The molecular formula is C13H21N3O. The van der Waals surface area contributed by atoms with E-state index in [1.54, 1.807) is 0 Å². The molecule has 0 aromatic heterocycles. The fourth-order valence-electron chi connectivity index (χ4n) is 1.72. The van der Waals surface area contributed by atoms with Gasteiger partial charge in [0.1, 0.15) is 0 Å². The number of carbonyl (C=O) groups excluding carboxylic acids is 1. The number of para-hydroxylation sites is 1. The summed E-state index contributed by atoms with van der Waals surface area (Å²) >= 11 is 0. The van der Waals surface area contributed by atoms with Gasteiger partial charge in [0, 0.05) is 18.3 Å². The van der Waals surface area contributed by atoms with Crippen molar-refractivity contribution in [1.82, 2.24) is 4.90 Å². The molecule has 0 saturated heterocycles. The zero-order chi connectivity index (χ0) is 12.8. The number of rotatable bonds is 6. The second kappa shape index (κ2) is 6.25. The Bertz CT molecular complexity index is 379. The van der Waals surface area contributed by atoms with Crippen molar-refractivity contribution in [1.29, 1.82) is 0 Å². The van der Waals surface area contributed by atoms with Crippen molar-refractivity contribution in [3.05, 3.63) is 29.8 Å². The molecule has 0 heterocycles. The standard InChI is InChI=1S/C13H21N3O/c1-3-10(2)16(9-13(15)17)8-11-6-4-5-7-12(11)14/h4-7,10H,3,8-9,14H2,1-2H3,(H2,15,17). The van der Waals surface area contributed by atoms with Crippen LogP contribution in [0.3, 0.4) is 0 Å². The quantitative estimate of drug-likeness (QED) is 0.731. The Kier molecular flexibility index (Phi) is 4.97. The molecule has 0 aliphatic carbocycles. The molecule has 0 saturated carbocycles. The van der Waals surface area contributed by atoms with E-state index < -0.39 is 0 Å². The maximum absolute atomic E-state index is 11.1. The molecule has 0 aliphatic rings. The Morgan fingerprint density at radius 3 is 2.59 bits per heavy atom. The molecule has 0 spiro atoms. The molecule has 4 nitrogen and oxygen atoms in total. The number of nitrogens with zero attached hydrogens (tertiary/aromatic N) is 1. The fraction of sp³-hybridized carbons (Fsp3) is 0.462. The number of hydrogen-bond acceptors (Lipinski definition) is 3. The maximum atomic E-state index is 11.1. The average Bonchev–Trinajstić information content (AvgIpc) is 2.29. The molecule has 0 bridgehead atoms. The second-order valence-electron chi connectivity index (χ2n) is 4.33. The average molecular weight is 235 g/mol. The maximum Gasteiger partial charge on any atom is 0.231 e. The summed E-state index contributed by atoms with van der Waals surface area (Å²) in [5, 5.41) is 0. The van der Waals surface area contributed by atoms with Gasteiger partial charge in [-0.3, -0.25) is 9.69 Å². The Balaban J connectivity index is 2.79. The minimum atomic E-state index is -0.306. The third kappa shape index (κ3) is 4.07. The Morgan fingerprint density at radius 1 is 1.41 bits per heavy atom. The number of nitrogen functional groups attached to an aromatic ring is 1. The molecule has 1 amide bonds. The number of nitrogens with two attached hydrogens (primary N) is 2. The molecule has 1 atom stereocenters. The molecule has 0 fully saturated rings. The van der Waals surface area contributed by atoms with Crippen LogP contribution in [0.25, 0.3) is 0 Å². The largest absolute Gasteiger partial charge is 0.398 e. The molecule has 17 heavy (non-hydrogen) atoms. The van der Waals surface area contributed by atoms with Gasteiger partial charge >= 0.3 is 0 Å². The highest BCUT2D eigenvalue weighted by molar-refractivity contribution is 5.76. The fourth-order valence-corrected chi connectivity index (χ4v) is 1.72. The van der Waals surface area contributed by atoms with E-state index in [9.17, 15) is 4.79 Å². The van der Waals surface area contributed by atoms with Crippen LogP contribution in [0, 0.1) is 0 Å². The number of primary amides is 1. The topological polar surface area (TPSA) is 72.3 Å². The van der Waals surface area contributed by atoms with E-state index in [4.69, 9.17) is 11.5 Å². The van der Waals surface area contributed by atoms with Crippen LogP contribution in [-0.2, 0) is 11.3 Å². The minimum absolute atomic E-state index is 0.267. The van der Waals surface area contributed by atoms with Gasteiger partial charge in [0.05, 0.1) is 6.54 Å². The van der Waals surface area contributed by atoms with Crippen LogP contribution in [0.15, 0.2) is 24.3 Å². The highest BCUT2D eigenvalue weighted by atomic mass is 16.1. The summed E-state index contributed by atoms with van der Waals surface area (Å²) in [4.78, 5) is 13.1. The summed E-state index contributed by atoms with van der Waals surface area (Å²) in [6.07, 6.45) is 0.972. The highest BCUT2D eigenvalue weighted by Gasteiger charge is 2.15. The molecule has 0 radical (unpaired) electrons. The molecule has 94 valence electrons. The minimum Gasteiger partial charge on any atom is -0.398 e. The van der Waals surface area contributed by atoms with Crippen LogP contribution < -0.4 is 11.5 Å². The van der Waals surface area contributed by atoms with Crippen LogP contribution in [-0.4, -0.2) is 23.4 Å². The first-order valence-electron chi connectivity index (χ1n) is 5.90. The van der Waals surface area contributed by atoms with Crippen molar-refractivity contribution < 1.29 is 4.79 Å². The van der Waals surface area contributed by atoms with Gasteiger partial charge in [-0.25, -0.2) is 0 Å². The molecular weight excluding hydrogens is 214 g/mol. The number of carbonyl (C=O) groups is 1. The van der Waals surface area contributed by atoms with E-state index >= 15 is 0 Å². The molecule has 0 aliphatic heterocycles. The Hall–Kier alpha value is -1.55. The first-order chi connectivity index (χ1) is 8.04. The molecule has 1 aromatic rings. The lowest BCUT2D eigenvalue weighted by Crippen LogP contribution is -2.39. The molecule has 4 heteroatoms. The molecule has 1 rings (SSSR count). The van der Waals surface area contributed by atoms with E-state index in [1.807, 2.05) is 29.2 Å². The summed E-state index contributed by atoms with van der Waals surface area (Å²) in [6.45, 7) is 5.10. The van der Waals surface area contributed by atoms with Gasteiger partial charge < -0.3 is 11.5 Å². The molecule has 4 N–H and O–H groups in total. The smallest absolute Gasteiger partial charge is 0.231 e. The van der Waals surface area contributed by atoms with Crippen molar-refractivity contribution in [3.63, 3.8) is 0 Å². The molecule has 1 unspecified atom stereocenters. The summed E-state index contributed by atoms with van der Waals surface area (Å²) in [7, 11) is 0. The van der Waals surface area contributed by atoms with Crippen LogP contribution >= 0.6 is 0 Å². The number of hydrogen-bond donors (Lipinski definition) is 2. The van der Waals surface area contributed by atoms with Gasteiger partial charge in [0.25, 0.3) is 0 Å². The lowest BCUT2D eigenvalue weighted by atomic mass is 10.1. The SMILES string of the molecule is CCC(C)N(CC(N)=O)Cc1ccccc1N. The van der Waals surface area contributed by atoms with Gasteiger partial charge in [-0.05, 0) is 25.0 Å². The Labute approximate surface area is 103 Å². The summed E-state index contributed by atoms with van der Waals surface area (Å²) < 4.78 is 0. The van der Waals surface area contributed by atoms with E-state index in [2.05, 4.69) is 13.8 Å². The van der Waals surface area contributed by atoms with Crippen molar-refractivity contribution in [3.8, 4) is 0 Å². The summed E-state index contributed by atoms with van der Waals surface area (Å²) in [5.74, 6) is -0.306. The third-order valence-electron chi connectivity index (χ3n) is 3.00. The first kappa shape index (κ1) is 13.5. The third-order valence-corrected chi connectivity index (χ3v) is 3.00. The lowest BCUT2D eigenvalue weighted by Gasteiger charge is -2.27. The van der Waals surface area contributed by atoms with E-state index in [-0.39, 0.29) is 12.5 Å². The zero-order valence-corrected chi connectivity index (χ0v) is 10.5. The van der Waals surface area contributed by atoms with Crippen molar-refractivity contribution in [2.45, 2.75) is 32.9 Å². The zero-order valence-electron chi connectivity index (χ0n) is 10.5. The normalized spacial score (nSPS) is 12.6. The van der Waals surface area contributed by atoms with Crippen molar-refractivity contribution >= 4 is 11.6 Å². The van der Waals surface area contributed by atoms with Gasteiger partial charge in [0.2, 0.25) is 5.91 Å². The lowest BCUT2D eigenvalue weighted by molar-refractivity contribution is -0.119. The van der Waals surface area contributed by atoms with Crippen molar-refractivity contribution in [2.24, 2.45) is 5.73 Å².